The van der Waals surface area contributed by atoms with Gasteiger partial charge in [0, 0.05) is 61.5 Å². The fraction of sp³-hybridized carbons (Fsp3) is 0.440. The SMILES string of the molecule is CC1Cc2nc(C(=O)N3CCN(S(=O)(=O)c4cc5cc(Cl)ccc5[nH]4)CC3CC(=O)N(C)CC#N)oc2CN1. The van der Waals surface area contributed by atoms with Crippen molar-refractivity contribution in [1.82, 2.24) is 29.4 Å². The average Bonchev–Trinajstić information content (AvgIpc) is 3.52. The highest BCUT2D eigenvalue weighted by atomic mass is 35.5. The predicted octanol–water partition coefficient (Wildman–Crippen LogP) is 1.73. The van der Waals surface area contributed by atoms with Gasteiger partial charge in [0.15, 0.2) is 0 Å². The standard InChI is InChI=1S/C25H28ClN7O5S/c1-15-9-20-21(13-28-15)38-24(30-20)25(35)33-8-7-32(14-18(33)12-23(34)31(2)6-5-27)39(36,37)22-11-16-10-17(26)3-4-19(16)29-22/h3-4,10-11,15,18,28-29H,6-9,12-14H2,1-2H3. The Labute approximate surface area is 230 Å². The summed E-state index contributed by atoms with van der Waals surface area (Å²) >= 11 is 6.06. The first-order valence-corrected chi connectivity index (χ1v) is 14.3. The molecule has 0 spiro atoms. The summed E-state index contributed by atoms with van der Waals surface area (Å²) in [4.78, 5) is 36.5. The van der Waals surface area contributed by atoms with Gasteiger partial charge < -0.3 is 24.5 Å². The number of nitriles is 1. The summed E-state index contributed by atoms with van der Waals surface area (Å²) in [6.07, 6.45) is 0.450. The lowest BCUT2D eigenvalue weighted by Gasteiger charge is -2.40. The Balaban J connectivity index is 1.42. The van der Waals surface area contributed by atoms with Gasteiger partial charge in [-0.1, -0.05) is 11.6 Å². The molecule has 2 amide bonds. The van der Waals surface area contributed by atoms with Crippen molar-refractivity contribution in [2.24, 2.45) is 0 Å². The minimum Gasteiger partial charge on any atom is -0.436 e. The number of carbonyl (C=O) groups is 2. The van der Waals surface area contributed by atoms with Crippen molar-refractivity contribution in [3.05, 3.63) is 46.6 Å². The number of sulfonamides is 1. The zero-order valence-electron chi connectivity index (χ0n) is 21.5. The van der Waals surface area contributed by atoms with Gasteiger partial charge in [0.25, 0.3) is 15.9 Å². The molecule has 12 nitrogen and oxygen atoms in total. The number of piperazine rings is 1. The molecule has 3 aromatic rings. The molecule has 0 saturated carbocycles. The van der Waals surface area contributed by atoms with Crippen LogP contribution in [-0.4, -0.2) is 89.6 Å². The Hall–Kier alpha value is -3.44. The normalized spacial score (nSPS) is 20.0. The molecule has 1 fully saturated rings. The van der Waals surface area contributed by atoms with E-state index >= 15 is 0 Å². The number of amides is 2. The van der Waals surface area contributed by atoms with Crippen molar-refractivity contribution in [2.45, 2.75) is 43.4 Å². The number of nitrogens with zero attached hydrogens (tertiary/aromatic N) is 5. The van der Waals surface area contributed by atoms with Crippen LogP contribution in [0.1, 0.15) is 35.5 Å². The Morgan fingerprint density at radius 1 is 1.31 bits per heavy atom. The zero-order valence-corrected chi connectivity index (χ0v) is 23.0. The van der Waals surface area contributed by atoms with Crippen LogP contribution in [0.25, 0.3) is 10.9 Å². The number of benzene rings is 1. The van der Waals surface area contributed by atoms with Crippen molar-refractivity contribution in [1.29, 1.82) is 5.26 Å². The lowest BCUT2D eigenvalue weighted by molar-refractivity contribution is -0.130. The van der Waals surface area contributed by atoms with Crippen LogP contribution in [0.15, 0.2) is 33.7 Å². The van der Waals surface area contributed by atoms with Gasteiger partial charge in [-0.3, -0.25) is 9.59 Å². The van der Waals surface area contributed by atoms with Gasteiger partial charge in [0.05, 0.1) is 24.3 Å². The summed E-state index contributed by atoms with van der Waals surface area (Å²) in [7, 11) is -2.50. The second-order valence-corrected chi connectivity index (χ2v) is 12.2. The first-order chi connectivity index (χ1) is 18.6. The number of aromatic amines is 1. The Bertz CT molecular complexity index is 1580. The maximum absolute atomic E-state index is 13.6. The number of fused-ring (bicyclic) bond motifs is 2. The van der Waals surface area contributed by atoms with E-state index in [1.54, 1.807) is 18.2 Å². The quantitative estimate of drug-likeness (QED) is 0.422. The lowest BCUT2D eigenvalue weighted by atomic mass is 10.1. The van der Waals surface area contributed by atoms with Crippen LogP contribution in [0.3, 0.4) is 0 Å². The number of hydrogen-bond donors (Lipinski definition) is 2. The summed E-state index contributed by atoms with van der Waals surface area (Å²) in [5.74, 6) is -0.376. The molecule has 14 heteroatoms. The van der Waals surface area contributed by atoms with Crippen molar-refractivity contribution in [3.8, 4) is 6.07 Å². The van der Waals surface area contributed by atoms with E-state index in [-0.39, 0.29) is 55.5 Å². The number of aromatic nitrogens is 2. The summed E-state index contributed by atoms with van der Waals surface area (Å²) in [6.45, 7) is 2.28. The number of H-pyrrole nitrogens is 1. The second-order valence-electron chi connectivity index (χ2n) is 9.87. The van der Waals surface area contributed by atoms with Crippen molar-refractivity contribution >= 4 is 44.3 Å². The highest BCUT2D eigenvalue weighted by Gasteiger charge is 2.40. The topological polar surface area (TPSA) is 156 Å². The minimum absolute atomic E-state index is 0.00628. The molecule has 0 radical (unpaired) electrons. The summed E-state index contributed by atoms with van der Waals surface area (Å²) < 4.78 is 34.2. The van der Waals surface area contributed by atoms with Crippen LogP contribution in [0, 0.1) is 11.3 Å². The van der Waals surface area contributed by atoms with Gasteiger partial charge in [0.1, 0.15) is 17.3 Å². The third-order valence-electron chi connectivity index (χ3n) is 7.10. The van der Waals surface area contributed by atoms with Crippen LogP contribution in [0.2, 0.25) is 5.02 Å². The molecule has 2 N–H and O–H groups in total. The van der Waals surface area contributed by atoms with Gasteiger partial charge in [-0.15, -0.1) is 0 Å². The molecular weight excluding hydrogens is 546 g/mol. The predicted molar refractivity (Wildman–Crippen MR) is 141 cm³/mol. The number of carbonyl (C=O) groups excluding carboxylic acids is 2. The number of oxazole rings is 1. The van der Waals surface area contributed by atoms with Gasteiger partial charge in [-0.25, -0.2) is 13.4 Å². The van der Waals surface area contributed by atoms with Crippen molar-refractivity contribution in [3.63, 3.8) is 0 Å². The summed E-state index contributed by atoms with van der Waals surface area (Å²) in [5, 5.41) is 13.4. The molecule has 2 aliphatic heterocycles. The minimum atomic E-state index is -3.99. The Morgan fingerprint density at radius 3 is 2.87 bits per heavy atom. The zero-order chi connectivity index (χ0) is 27.9. The van der Waals surface area contributed by atoms with Gasteiger partial charge >= 0.3 is 5.91 Å². The van der Waals surface area contributed by atoms with Crippen LogP contribution >= 0.6 is 11.6 Å². The monoisotopic (exact) mass is 573 g/mol. The van der Waals surface area contributed by atoms with Crippen LogP contribution < -0.4 is 5.32 Å². The molecule has 2 atom stereocenters. The fourth-order valence-electron chi connectivity index (χ4n) is 4.92. The molecule has 0 aliphatic carbocycles. The molecular formula is C25H28ClN7O5S. The highest BCUT2D eigenvalue weighted by molar-refractivity contribution is 7.89. The molecule has 2 unspecified atom stereocenters. The van der Waals surface area contributed by atoms with E-state index in [4.69, 9.17) is 21.3 Å². The maximum Gasteiger partial charge on any atom is 0.310 e. The van der Waals surface area contributed by atoms with Gasteiger partial charge in [-0.05, 0) is 31.2 Å². The van der Waals surface area contributed by atoms with Crippen molar-refractivity contribution in [2.75, 3.05) is 33.2 Å². The number of nitrogens with one attached hydrogen (secondary N) is 2. The van der Waals surface area contributed by atoms with E-state index < -0.39 is 22.0 Å². The van der Waals surface area contributed by atoms with E-state index in [2.05, 4.69) is 15.3 Å². The molecule has 1 saturated heterocycles. The fourth-order valence-corrected chi connectivity index (χ4v) is 6.58. The van der Waals surface area contributed by atoms with Gasteiger partial charge in [-0.2, -0.15) is 9.57 Å². The molecule has 4 heterocycles. The van der Waals surface area contributed by atoms with Crippen molar-refractivity contribution < 1.29 is 22.4 Å². The van der Waals surface area contributed by atoms with E-state index in [1.165, 1.54) is 27.2 Å². The third kappa shape index (κ3) is 5.38. The lowest BCUT2D eigenvalue weighted by Crippen LogP contribution is -2.57. The molecule has 206 valence electrons. The number of rotatable bonds is 6. The van der Waals surface area contributed by atoms with E-state index in [9.17, 15) is 18.0 Å². The van der Waals surface area contributed by atoms with Gasteiger partial charge in [0.2, 0.25) is 5.91 Å². The molecule has 5 rings (SSSR count). The van der Waals surface area contributed by atoms with Crippen LogP contribution in [-0.2, 0) is 27.8 Å². The van der Waals surface area contributed by atoms with E-state index in [1.807, 2.05) is 13.0 Å². The summed E-state index contributed by atoms with van der Waals surface area (Å²) in [6, 6.07) is 7.87. The van der Waals surface area contributed by atoms with Crippen LogP contribution in [0.4, 0.5) is 0 Å². The Morgan fingerprint density at radius 2 is 2.10 bits per heavy atom. The first-order valence-electron chi connectivity index (χ1n) is 12.5. The smallest absolute Gasteiger partial charge is 0.310 e. The molecule has 0 bridgehead atoms. The summed E-state index contributed by atoms with van der Waals surface area (Å²) in [5.41, 5.74) is 1.33. The van der Waals surface area contributed by atoms with Crippen LogP contribution in [0.5, 0.6) is 0 Å². The van der Waals surface area contributed by atoms with E-state index in [0.717, 1.165) is 0 Å². The Kier molecular flexibility index (Phi) is 7.39. The third-order valence-corrected chi connectivity index (χ3v) is 9.12. The maximum atomic E-state index is 13.6. The molecule has 39 heavy (non-hydrogen) atoms. The largest absolute Gasteiger partial charge is 0.436 e. The molecule has 2 aromatic heterocycles. The highest BCUT2D eigenvalue weighted by Crippen LogP contribution is 2.28. The van der Waals surface area contributed by atoms with E-state index in [0.29, 0.717) is 40.3 Å². The second kappa shape index (κ2) is 10.6. The molecule has 1 aromatic carbocycles. The first kappa shape index (κ1) is 27.1. The number of hydrogen-bond acceptors (Lipinski definition) is 8. The average molecular weight is 574 g/mol. The number of halogens is 1. The molecule has 2 aliphatic rings.